The summed E-state index contributed by atoms with van der Waals surface area (Å²) in [4.78, 5) is 23.0. The highest BCUT2D eigenvalue weighted by atomic mass is 16.3. The predicted molar refractivity (Wildman–Crippen MR) is 85.4 cm³/mol. The van der Waals surface area contributed by atoms with Crippen molar-refractivity contribution in [3.63, 3.8) is 0 Å². The van der Waals surface area contributed by atoms with Crippen molar-refractivity contribution in [2.45, 2.75) is 19.4 Å². The third-order valence-electron chi connectivity index (χ3n) is 3.03. The molecule has 2 aromatic carbocycles. The van der Waals surface area contributed by atoms with Crippen LogP contribution in [0.3, 0.4) is 0 Å². The number of hydrogen-bond donors (Lipinski definition) is 3. The molecule has 0 bridgehead atoms. The van der Waals surface area contributed by atoms with Crippen LogP contribution in [-0.2, 0) is 9.59 Å². The number of nitrogens with one attached hydrogen (secondary N) is 2. The lowest BCUT2D eigenvalue weighted by atomic mass is 10.1. The van der Waals surface area contributed by atoms with Gasteiger partial charge in [-0.05, 0) is 23.8 Å². The Kier molecular flexibility index (Phi) is 5.27. The van der Waals surface area contributed by atoms with E-state index in [4.69, 9.17) is 0 Å². The van der Waals surface area contributed by atoms with Crippen LogP contribution >= 0.6 is 0 Å². The van der Waals surface area contributed by atoms with Gasteiger partial charge in [0.2, 0.25) is 11.8 Å². The molecule has 0 saturated heterocycles. The zero-order valence-electron chi connectivity index (χ0n) is 12.2. The van der Waals surface area contributed by atoms with E-state index < -0.39 is 6.10 Å². The number of carbonyl (C=O) groups excluding carboxylic acids is 2. The van der Waals surface area contributed by atoms with E-state index in [0.717, 1.165) is 0 Å². The van der Waals surface area contributed by atoms with Crippen LogP contribution in [-0.4, -0.2) is 16.9 Å². The van der Waals surface area contributed by atoms with Crippen LogP contribution in [0.25, 0.3) is 0 Å². The van der Waals surface area contributed by atoms with E-state index in [1.165, 1.54) is 6.92 Å². The average molecular weight is 298 g/mol. The van der Waals surface area contributed by atoms with Gasteiger partial charge >= 0.3 is 0 Å². The Morgan fingerprint density at radius 1 is 1.00 bits per heavy atom. The second-order valence-electron chi connectivity index (χ2n) is 4.94. The summed E-state index contributed by atoms with van der Waals surface area (Å²) in [6.07, 6.45) is -0.881. The predicted octanol–water partition coefficient (Wildman–Crippen LogP) is 2.71. The minimum absolute atomic E-state index is 0.0334. The van der Waals surface area contributed by atoms with E-state index in [1.807, 2.05) is 18.2 Å². The first-order chi connectivity index (χ1) is 10.5. The largest absolute Gasteiger partial charge is 0.388 e. The highest BCUT2D eigenvalue weighted by Crippen LogP contribution is 2.19. The summed E-state index contributed by atoms with van der Waals surface area (Å²) in [5.41, 5.74) is 1.87. The van der Waals surface area contributed by atoms with Gasteiger partial charge in [-0.1, -0.05) is 36.4 Å². The standard InChI is InChI=1S/C17H18N2O3/c1-12(20)18-14-8-5-9-15(10-14)19-17(22)11-16(21)13-6-3-2-4-7-13/h2-10,16,21H,11H2,1H3,(H,18,20)(H,19,22). The number of anilines is 2. The van der Waals surface area contributed by atoms with Crippen molar-refractivity contribution in [1.29, 1.82) is 0 Å². The maximum Gasteiger partial charge on any atom is 0.227 e. The highest BCUT2D eigenvalue weighted by Gasteiger charge is 2.13. The van der Waals surface area contributed by atoms with Gasteiger partial charge in [0.15, 0.2) is 0 Å². The van der Waals surface area contributed by atoms with Gasteiger partial charge in [0.25, 0.3) is 0 Å². The summed E-state index contributed by atoms with van der Waals surface area (Å²) in [5, 5.41) is 15.4. The Morgan fingerprint density at radius 2 is 1.64 bits per heavy atom. The number of aliphatic hydroxyl groups is 1. The fourth-order valence-electron chi connectivity index (χ4n) is 2.06. The molecule has 22 heavy (non-hydrogen) atoms. The lowest BCUT2D eigenvalue weighted by molar-refractivity contribution is -0.118. The molecular formula is C17H18N2O3. The van der Waals surface area contributed by atoms with Crippen molar-refractivity contribution < 1.29 is 14.7 Å². The van der Waals surface area contributed by atoms with E-state index >= 15 is 0 Å². The molecule has 1 unspecified atom stereocenters. The summed E-state index contributed by atoms with van der Waals surface area (Å²) < 4.78 is 0. The summed E-state index contributed by atoms with van der Waals surface area (Å²) in [6, 6.07) is 15.9. The normalized spacial score (nSPS) is 11.5. The Balaban J connectivity index is 1.96. The Labute approximate surface area is 129 Å². The van der Waals surface area contributed by atoms with E-state index in [1.54, 1.807) is 36.4 Å². The smallest absolute Gasteiger partial charge is 0.227 e. The molecule has 0 aliphatic heterocycles. The number of aliphatic hydroxyl groups excluding tert-OH is 1. The van der Waals surface area contributed by atoms with Crippen molar-refractivity contribution in [3.05, 3.63) is 60.2 Å². The molecule has 0 heterocycles. The zero-order chi connectivity index (χ0) is 15.9. The average Bonchev–Trinajstić information content (AvgIpc) is 2.47. The SMILES string of the molecule is CC(=O)Nc1cccc(NC(=O)CC(O)c2ccccc2)c1. The maximum absolute atomic E-state index is 12.0. The van der Waals surface area contributed by atoms with Crippen molar-refractivity contribution in [1.82, 2.24) is 0 Å². The number of benzene rings is 2. The van der Waals surface area contributed by atoms with Gasteiger partial charge in [0.1, 0.15) is 0 Å². The maximum atomic E-state index is 12.0. The van der Waals surface area contributed by atoms with E-state index in [-0.39, 0.29) is 18.2 Å². The first kappa shape index (κ1) is 15.7. The molecule has 0 aliphatic rings. The minimum atomic E-state index is -0.847. The quantitative estimate of drug-likeness (QED) is 0.794. The van der Waals surface area contributed by atoms with Gasteiger partial charge in [-0.25, -0.2) is 0 Å². The van der Waals surface area contributed by atoms with Crippen molar-refractivity contribution in [3.8, 4) is 0 Å². The molecule has 0 fully saturated rings. The molecule has 5 nitrogen and oxygen atoms in total. The summed E-state index contributed by atoms with van der Waals surface area (Å²) >= 11 is 0. The molecule has 2 aromatic rings. The Bertz CT molecular complexity index is 656. The Morgan fingerprint density at radius 3 is 2.27 bits per heavy atom. The molecule has 0 aliphatic carbocycles. The molecule has 2 rings (SSSR count). The molecule has 0 spiro atoms. The summed E-state index contributed by atoms with van der Waals surface area (Å²) in [5.74, 6) is -0.473. The van der Waals surface area contributed by atoms with Gasteiger partial charge in [0, 0.05) is 18.3 Å². The Hall–Kier alpha value is -2.66. The van der Waals surface area contributed by atoms with Gasteiger partial charge in [-0.15, -0.1) is 0 Å². The molecular weight excluding hydrogens is 280 g/mol. The number of rotatable bonds is 5. The van der Waals surface area contributed by atoms with Gasteiger partial charge < -0.3 is 15.7 Å². The van der Waals surface area contributed by atoms with Crippen LogP contribution in [0, 0.1) is 0 Å². The van der Waals surface area contributed by atoms with Gasteiger partial charge in [-0.3, -0.25) is 9.59 Å². The van der Waals surface area contributed by atoms with Crippen LogP contribution in [0.15, 0.2) is 54.6 Å². The number of amides is 2. The van der Waals surface area contributed by atoms with Crippen LogP contribution in [0.5, 0.6) is 0 Å². The first-order valence-corrected chi connectivity index (χ1v) is 6.95. The fraction of sp³-hybridized carbons (Fsp3) is 0.176. The zero-order valence-corrected chi connectivity index (χ0v) is 12.2. The van der Waals surface area contributed by atoms with Gasteiger partial charge in [-0.2, -0.15) is 0 Å². The second-order valence-corrected chi connectivity index (χ2v) is 4.94. The molecule has 1 atom stereocenters. The molecule has 5 heteroatoms. The monoisotopic (exact) mass is 298 g/mol. The molecule has 2 amide bonds. The second kappa shape index (κ2) is 7.38. The van der Waals surface area contributed by atoms with Crippen molar-refractivity contribution in [2.24, 2.45) is 0 Å². The summed E-state index contributed by atoms with van der Waals surface area (Å²) in [6.45, 7) is 1.42. The molecule has 3 N–H and O–H groups in total. The lowest BCUT2D eigenvalue weighted by Crippen LogP contribution is -2.15. The number of carbonyl (C=O) groups is 2. The molecule has 0 radical (unpaired) electrons. The van der Waals surface area contributed by atoms with Crippen LogP contribution in [0.1, 0.15) is 25.0 Å². The van der Waals surface area contributed by atoms with E-state index in [0.29, 0.717) is 16.9 Å². The third kappa shape index (κ3) is 4.71. The minimum Gasteiger partial charge on any atom is -0.388 e. The van der Waals surface area contributed by atoms with Crippen LogP contribution < -0.4 is 10.6 Å². The first-order valence-electron chi connectivity index (χ1n) is 6.95. The molecule has 0 saturated carbocycles. The summed E-state index contributed by atoms with van der Waals surface area (Å²) in [7, 11) is 0. The molecule has 0 aromatic heterocycles. The van der Waals surface area contributed by atoms with E-state index in [9.17, 15) is 14.7 Å². The fourth-order valence-corrected chi connectivity index (χ4v) is 2.06. The lowest BCUT2D eigenvalue weighted by Gasteiger charge is -2.12. The van der Waals surface area contributed by atoms with Crippen molar-refractivity contribution in [2.75, 3.05) is 10.6 Å². The van der Waals surface area contributed by atoms with Crippen molar-refractivity contribution >= 4 is 23.2 Å². The van der Waals surface area contributed by atoms with Crippen LogP contribution in [0.2, 0.25) is 0 Å². The third-order valence-corrected chi connectivity index (χ3v) is 3.03. The van der Waals surface area contributed by atoms with E-state index in [2.05, 4.69) is 10.6 Å². The van der Waals surface area contributed by atoms with Crippen LogP contribution in [0.4, 0.5) is 11.4 Å². The topological polar surface area (TPSA) is 78.4 Å². The molecule has 114 valence electrons. The highest BCUT2D eigenvalue weighted by molar-refractivity contribution is 5.93. The number of hydrogen-bond acceptors (Lipinski definition) is 3. The van der Waals surface area contributed by atoms with Gasteiger partial charge in [0.05, 0.1) is 12.5 Å².